The predicted octanol–water partition coefficient (Wildman–Crippen LogP) is 0.454. The molecule has 130 valence electrons. The summed E-state index contributed by atoms with van der Waals surface area (Å²) in [4.78, 5) is 31.9. The van der Waals surface area contributed by atoms with Gasteiger partial charge in [0.05, 0.1) is 0 Å². The largest absolute Gasteiger partial charge is 0.352 e. The first-order valence-electron chi connectivity index (χ1n) is 8.30. The molecule has 2 aliphatic rings. The predicted molar refractivity (Wildman–Crippen MR) is 86.0 cm³/mol. The van der Waals surface area contributed by atoms with Gasteiger partial charge in [0.25, 0.3) is 0 Å². The fourth-order valence-electron chi connectivity index (χ4n) is 2.78. The van der Waals surface area contributed by atoms with Crippen LogP contribution in [0.3, 0.4) is 0 Å². The van der Waals surface area contributed by atoms with Crippen LogP contribution in [0.1, 0.15) is 42.9 Å². The van der Waals surface area contributed by atoms with Crippen LogP contribution in [0.2, 0.25) is 0 Å². The fraction of sp³-hybridized carbons (Fsp3) is 0.625. The quantitative estimate of drug-likeness (QED) is 0.760. The van der Waals surface area contributed by atoms with Gasteiger partial charge in [-0.15, -0.1) is 0 Å². The standard InChI is InChI=1S/C16H23N5O3/c1-3-13(22)17-7-6-14(23)21-9-8-20(2)12(10-21)16-18-15(19-24-16)11-4-5-11/h3,11-12H,1,4-10H2,2H3,(H,17,22). The monoisotopic (exact) mass is 333 g/mol. The Morgan fingerprint density at radius 3 is 2.92 bits per heavy atom. The van der Waals surface area contributed by atoms with Crippen molar-refractivity contribution in [2.45, 2.75) is 31.2 Å². The van der Waals surface area contributed by atoms with Crippen LogP contribution in [-0.2, 0) is 9.59 Å². The van der Waals surface area contributed by atoms with Gasteiger partial charge in [-0.1, -0.05) is 11.7 Å². The summed E-state index contributed by atoms with van der Waals surface area (Å²) in [6.07, 6.45) is 3.72. The van der Waals surface area contributed by atoms with Crippen LogP contribution in [0, 0.1) is 0 Å². The second kappa shape index (κ2) is 7.12. The molecule has 2 heterocycles. The van der Waals surface area contributed by atoms with Crippen LogP contribution in [0.5, 0.6) is 0 Å². The highest BCUT2D eigenvalue weighted by Gasteiger charge is 2.34. The highest BCUT2D eigenvalue weighted by atomic mass is 16.5. The van der Waals surface area contributed by atoms with Crippen LogP contribution >= 0.6 is 0 Å². The van der Waals surface area contributed by atoms with E-state index in [1.807, 2.05) is 7.05 Å². The van der Waals surface area contributed by atoms with Gasteiger partial charge in [0, 0.05) is 38.5 Å². The van der Waals surface area contributed by atoms with Crippen LogP contribution in [-0.4, -0.2) is 65.0 Å². The lowest BCUT2D eigenvalue weighted by Gasteiger charge is -2.37. The molecule has 1 N–H and O–H groups in total. The summed E-state index contributed by atoms with van der Waals surface area (Å²) in [5.74, 6) is 1.56. The van der Waals surface area contributed by atoms with E-state index in [0.29, 0.717) is 31.4 Å². The highest BCUT2D eigenvalue weighted by Crippen LogP contribution is 2.38. The smallest absolute Gasteiger partial charge is 0.245 e. The van der Waals surface area contributed by atoms with Crippen molar-refractivity contribution >= 4 is 11.8 Å². The Labute approximate surface area is 140 Å². The van der Waals surface area contributed by atoms with Crippen LogP contribution < -0.4 is 5.32 Å². The Balaban J connectivity index is 1.56. The Hall–Kier alpha value is -2.22. The van der Waals surface area contributed by atoms with E-state index in [9.17, 15) is 9.59 Å². The van der Waals surface area contributed by atoms with E-state index in [1.165, 1.54) is 6.08 Å². The Bertz CT molecular complexity index is 625. The minimum atomic E-state index is -0.266. The average molecular weight is 333 g/mol. The number of rotatable bonds is 6. The zero-order valence-corrected chi connectivity index (χ0v) is 13.9. The molecular formula is C16H23N5O3. The molecule has 8 nitrogen and oxygen atoms in total. The fourth-order valence-corrected chi connectivity index (χ4v) is 2.78. The molecule has 0 aromatic carbocycles. The van der Waals surface area contributed by atoms with Crippen molar-refractivity contribution in [1.29, 1.82) is 0 Å². The molecule has 0 radical (unpaired) electrons. The third kappa shape index (κ3) is 3.81. The zero-order valence-electron chi connectivity index (χ0n) is 13.9. The van der Waals surface area contributed by atoms with E-state index in [1.54, 1.807) is 4.90 Å². The molecule has 1 atom stereocenters. The van der Waals surface area contributed by atoms with Crippen LogP contribution in [0.4, 0.5) is 0 Å². The Kier molecular flexibility index (Phi) is 4.94. The lowest BCUT2D eigenvalue weighted by atomic mass is 10.1. The van der Waals surface area contributed by atoms with Crippen molar-refractivity contribution in [3.63, 3.8) is 0 Å². The highest BCUT2D eigenvalue weighted by molar-refractivity contribution is 5.87. The van der Waals surface area contributed by atoms with Gasteiger partial charge in [-0.3, -0.25) is 14.5 Å². The number of hydrogen-bond donors (Lipinski definition) is 1. The molecule has 1 unspecified atom stereocenters. The van der Waals surface area contributed by atoms with Gasteiger partial charge in [-0.05, 0) is 26.0 Å². The summed E-state index contributed by atoms with van der Waals surface area (Å²) in [6.45, 7) is 5.62. The van der Waals surface area contributed by atoms with E-state index in [2.05, 4.69) is 26.9 Å². The molecule has 1 saturated carbocycles. The number of likely N-dealkylation sites (N-methyl/N-ethyl adjacent to an activating group) is 1. The number of nitrogens with one attached hydrogen (secondary N) is 1. The van der Waals surface area contributed by atoms with Crippen molar-refractivity contribution in [2.75, 3.05) is 33.2 Å². The SMILES string of the molecule is C=CC(=O)NCCC(=O)N1CCN(C)C(c2nc(C3CC3)no2)C1. The molecule has 1 aromatic rings. The molecule has 1 aliphatic carbocycles. The van der Waals surface area contributed by atoms with E-state index in [4.69, 9.17) is 4.52 Å². The second-order valence-electron chi connectivity index (χ2n) is 6.35. The normalized spacial score (nSPS) is 21.5. The molecule has 8 heteroatoms. The van der Waals surface area contributed by atoms with E-state index in [0.717, 1.165) is 25.2 Å². The zero-order chi connectivity index (χ0) is 17.1. The first kappa shape index (κ1) is 16.6. The van der Waals surface area contributed by atoms with Crippen molar-refractivity contribution < 1.29 is 14.1 Å². The van der Waals surface area contributed by atoms with Gasteiger partial charge in [-0.25, -0.2) is 0 Å². The first-order chi connectivity index (χ1) is 11.6. The van der Waals surface area contributed by atoms with E-state index in [-0.39, 0.29) is 24.3 Å². The molecule has 2 fully saturated rings. The number of nitrogens with zero attached hydrogens (tertiary/aromatic N) is 4. The number of carbonyl (C=O) groups excluding carboxylic acids is 2. The first-order valence-corrected chi connectivity index (χ1v) is 8.30. The van der Waals surface area contributed by atoms with Crippen LogP contribution in [0.15, 0.2) is 17.2 Å². The molecule has 1 aromatic heterocycles. The van der Waals surface area contributed by atoms with Gasteiger partial charge in [0.1, 0.15) is 6.04 Å². The average Bonchev–Trinajstić information content (AvgIpc) is 3.32. The summed E-state index contributed by atoms with van der Waals surface area (Å²) in [7, 11) is 2.00. The second-order valence-corrected chi connectivity index (χ2v) is 6.35. The molecule has 0 spiro atoms. The van der Waals surface area contributed by atoms with E-state index >= 15 is 0 Å². The van der Waals surface area contributed by atoms with E-state index < -0.39 is 0 Å². The number of amides is 2. The summed E-state index contributed by atoms with van der Waals surface area (Å²) in [6, 6.07) is -0.0783. The Morgan fingerprint density at radius 2 is 2.21 bits per heavy atom. The summed E-state index contributed by atoms with van der Waals surface area (Å²) >= 11 is 0. The van der Waals surface area contributed by atoms with Gasteiger partial charge in [0.2, 0.25) is 17.7 Å². The maximum Gasteiger partial charge on any atom is 0.245 e. The van der Waals surface area contributed by atoms with Gasteiger partial charge < -0.3 is 14.7 Å². The molecular weight excluding hydrogens is 310 g/mol. The van der Waals surface area contributed by atoms with Crippen molar-refractivity contribution in [2.24, 2.45) is 0 Å². The summed E-state index contributed by atoms with van der Waals surface area (Å²) < 4.78 is 5.42. The van der Waals surface area contributed by atoms with Gasteiger partial charge in [0.15, 0.2) is 5.82 Å². The number of aromatic nitrogens is 2. The van der Waals surface area contributed by atoms with Crippen molar-refractivity contribution in [3.8, 4) is 0 Å². The number of carbonyl (C=O) groups is 2. The van der Waals surface area contributed by atoms with Gasteiger partial charge >= 0.3 is 0 Å². The summed E-state index contributed by atoms with van der Waals surface area (Å²) in [5, 5.41) is 6.68. The van der Waals surface area contributed by atoms with Crippen molar-refractivity contribution in [1.82, 2.24) is 25.3 Å². The molecule has 24 heavy (non-hydrogen) atoms. The molecule has 3 rings (SSSR count). The van der Waals surface area contributed by atoms with Crippen LogP contribution in [0.25, 0.3) is 0 Å². The number of hydrogen-bond acceptors (Lipinski definition) is 6. The topological polar surface area (TPSA) is 91.6 Å². The third-order valence-electron chi connectivity index (χ3n) is 4.51. The van der Waals surface area contributed by atoms with Gasteiger partial charge in [-0.2, -0.15) is 4.98 Å². The minimum absolute atomic E-state index is 0.0133. The summed E-state index contributed by atoms with van der Waals surface area (Å²) in [5.41, 5.74) is 0. The Morgan fingerprint density at radius 1 is 1.42 bits per heavy atom. The minimum Gasteiger partial charge on any atom is -0.352 e. The molecule has 2 amide bonds. The maximum atomic E-state index is 12.3. The third-order valence-corrected chi connectivity index (χ3v) is 4.51. The molecule has 1 aliphatic heterocycles. The molecule has 1 saturated heterocycles. The van der Waals surface area contributed by atoms with Crippen molar-refractivity contribution in [3.05, 3.63) is 24.4 Å². The number of piperazine rings is 1. The molecule has 0 bridgehead atoms. The lowest BCUT2D eigenvalue weighted by Crippen LogP contribution is -2.49. The lowest BCUT2D eigenvalue weighted by molar-refractivity contribution is -0.134. The maximum absolute atomic E-state index is 12.3.